The SMILES string of the molecule is COc1cc(CN2CCC(C3CC3)C2)cc(-c2ccc3c(c2)CN(C2CCC(=O)NC2=O)C3=O)n1. The number of carbonyl (C=O) groups excluding carboxylic acids is 3. The predicted molar refractivity (Wildman–Crippen MR) is 128 cm³/mol. The molecule has 0 radical (unpaired) electrons. The van der Waals surface area contributed by atoms with Crippen LogP contribution in [0.1, 0.15) is 53.6 Å². The van der Waals surface area contributed by atoms with E-state index in [2.05, 4.69) is 21.3 Å². The summed E-state index contributed by atoms with van der Waals surface area (Å²) < 4.78 is 5.51. The molecule has 3 aliphatic heterocycles. The normalized spacial score (nSPS) is 24.6. The van der Waals surface area contributed by atoms with Gasteiger partial charge in [-0.05, 0) is 73.4 Å². The molecule has 6 rings (SSSR count). The first-order chi connectivity index (χ1) is 17.0. The van der Waals surface area contributed by atoms with Crippen molar-refractivity contribution in [3.05, 3.63) is 47.0 Å². The largest absolute Gasteiger partial charge is 0.481 e. The van der Waals surface area contributed by atoms with Crippen LogP contribution in [0, 0.1) is 11.8 Å². The molecule has 1 aromatic heterocycles. The van der Waals surface area contributed by atoms with Gasteiger partial charge in [0.1, 0.15) is 6.04 Å². The van der Waals surface area contributed by atoms with E-state index in [1.807, 2.05) is 24.3 Å². The molecule has 1 saturated carbocycles. The van der Waals surface area contributed by atoms with Crippen molar-refractivity contribution in [2.24, 2.45) is 11.8 Å². The van der Waals surface area contributed by atoms with Crippen LogP contribution in [0.5, 0.6) is 5.88 Å². The summed E-state index contributed by atoms with van der Waals surface area (Å²) in [5, 5.41) is 2.35. The van der Waals surface area contributed by atoms with Gasteiger partial charge in [-0.3, -0.25) is 24.6 Å². The third kappa shape index (κ3) is 4.31. The number of piperidine rings is 1. The average Bonchev–Trinajstić information content (AvgIpc) is 3.52. The van der Waals surface area contributed by atoms with Crippen LogP contribution in [0.3, 0.4) is 0 Å². The number of hydrogen-bond donors (Lipinski definition) is 1. The first-order valence-corrected chi connectivity index (χ1v) is 12.5. The average molecular weight is 475 g/mol. The molecule has 1 aliphatic carbocycles. The highest BCUT2D eigenvalue weighted by Crippen LogP contribution is 2.41. The number of nitrogens with zero attached hydrogens (tertiary/aromatic N) is 3. The number of fused-ring (bicyclic) bond motifs is 1. The molecule has 0 bridgehead atoms. The molecule has 1 N–H and O–H groups in total. The summed E-state index contributed by atoms with van der Waals surface area (Å²) in [6, 6.07) is 9.23. The van der Waals surface area contributed by atoms with Crippen molar-refractivity contribution in [1.82, 2.24) is 20.1 Å². The Morgan fingerprint density at radius 2 is 1.91 bits per heavy atom. The number of methoxy groups -OCH3 is 1. The lowest BCUT2D eigenvalue weighted by Gasteiger charge is -2.29. The third-order valence-electron chi connectivity index (χ3n) is 7.89. The maximum absolute atomic E-state index is 13.0. The zero-order chi connectivity index (χ0) is 24.1. The quantitative estimate of drug-likeness (QED) is 0.648. The lowest BCUT2D eigenvalue weighted by molar-refractivity contribution is -0.136. The summed E-state index contributed by atoms with van der Waals surface area (Å²) in [5.74, 6) is 1.52. The molecule has 2 atom stereocenters. The van der Waals surface area contributed by atoms with E-state index in [9.17, 15) is 14.4 Å². The van der Waals surface area contributed by atoms with Gasteiger partial charge in [0.25, 0.3) is 5.91 Å². The second kappa shape index (κ2) is 8.75. The van der Waals surface area contributed by atoms with Crippen LogP contribution in [-0.4, -0.2) is 58.7 Å². The first-order valence-electron chi connectivity index (χ1n) is 12.5. The Morgan fingerprint density at radius 3 is 2.69 bits per heavy atom. The molecule has 182 valence electrons. The number of likely N-dealkylation sites (tertiary alicyclic amines) is 1. The van der Waals surface area contributed by atoms with E-state index in [4.69, 9.17) is 4.74 Å². The van der Waals surface area contributed by atoms with Crippen molar-refractivity contribution in [3.8, 4) is 17.1 Å². The number of imide groups is 1. The van der Waals surface area contributed by atoms with Crippen molar-refractivity contribution < 1.29 is 19.1 Å². The van der Waals surface area contributed by atoms with E-state index in [1.165, 1.54) is 31.4 Å². The molecule has 35 heavy (non-hydrogen) atoms. The fraction of sp³-hybridized carbons (Fsp3) is 0.481. The monoisotopic (exact) mass is 474 g/mol. The molecule has 2 saturated heterocycles. The summed E-state index contributed by atoms with van der Waals surface area (Å²) in [7, 11) is 1.63. The molecule has 1 aromatic carbocycles. The molecule has 2 aromatic rings. The van der Waals surface area contributed by atoms with Gasteiger partial charge in [0.05, 0.1) is 12.8 Å². The van der Waals surface area contributed by atoms with Crippen molar-refractivity contribution in [2.75, 3.05) is 20.2 Å². The first kappa shape index (κ1) is 22.2. The van der Waals surface area contributed by atoms with E-state index in [1.54, 1.807) is 12.0 Å². The van der Waals surface area contributed by atoms with Gasteiger partial charge >= 0.3 is 0 Å². The van der Waals surface area contributed by atoms with Gasteiger partial charge in [0.15, 0.2) is 0 Å². The highest BCUT2D eigenvalue weighted by Gasteiger charge is 2.39. The highest BCUT2D eigenvalue weighted by molar-refractivity contribution is 6.05. The summed E-state index contributed by atoms with van der Waals surface area (Å²) in [4.78, 5) is 45.7. The number of nitrogens with one attached hydrogen (secondary N) is 1. The standard InChI is InChI=1S/C27H30N4O4/c1-35-25-11-16(13-30-9-8-19(14-30)17-2-3-17)10-22(28-25)18-4-5-21-20(12-18)15-31(27(21)34)23-6-7-24(32)29-26(23)33/h4-5,10-12,17,19,23H,2-3,6-9,13-15H2,1H3,(H,29,32,33). The third-order valence-corrected chi connectivity index (χ3v) is 7.89. The van der Waals surface area contributed by atoms with Crippen LogP contribution in [0.25, 0.3) is 11.3 Å². The lowest BCUT2D eigenvalue weighted by Crippen LogP contribution is -2.52. The van der Waals surface area contributed by atoms with Crippen LogP contribution in [0.2, 0.25) is 0 Å². The molecule has 4 aliphatic rings. The molecular formula is C27H30N4O4. The molecule has 0 spiro atoms. The van der Waals surface area contributed by atoms with Gasteiger partial charge in [-0.15, -0.1) is 0 Å². The molecule has 2 unspecified atom stereocenters. The number of carbonyl (C=O) groups is 3. The smallest absolute Gasteiger partial charge is 0.255 e. The van der Waals surface area contributed by atoms with Crippen molar-refractivity contribution in [2.45, 2.75) is 51.2 Å². The summed E-state index contributed by atoms with van der Waals surface area (Å²) in [6.45, 7) is 3.53. The van der Waals surface area contributed by atoms with Crippen LogP contribution in [-0.2, 0) is 22.7 Å². The number of amides is 3. The Kier molecular flexibility index (Phi) is 5.56. The van der Waals surface area contributed by atoms with E-state index in [-0.39, 0.29) is 18.2 Å². The fourth-order valence-corrected chi connectivity index (χ4v) is 5.85. The zero-order valence-electron chi connectivity index (χ0n) is 20.0. The van der Waals surface area contributed by atoms with Crippen LogP contribution in [0.4, 0.5) is 0 Å². The predicted octanol–water partition coefficient (Wildman–Crippen LogP) is 2.75. The molecule has 3 fully saturated rings. The van der Waals surface area contributed by atoms with Crippen LogP contribution < -0.4 is 10.1 Å². The summed E-state index contributed by atoms with van der Waals surface area (Å²) >= 11 is 0. The number of rotatable bonds is 6. The van der Waals surface area contributed by atoms with Crippen molar-refractivity contribution in [1.29, 1.82) is 0 Å². The molecule has 8 heteroatoms. The number of hydrogen-bond acceptors (Lipinski definition) is 6. The summed E-state index contributed by atoms with van der Waals surface area (Å²) in [6.07, 6.45) is 4.69. The topological polar surface area (TPSA) is 91.8 Å². The van der Waals surface area contributed by atoms with E-state index in [0.717, 1.165) is 41.7 Å². The number of benzene rings is 1. The minimum atomic E-state index is -0.613. The van der Waals surface area contributed by atoms with E-state index >= 15 is 0 Å². The van der Waals surface area contributed by atoms with Gasteiger partial charge in [0.2, 0.25) is 17.7 Å². The minimum absolute atomic E-state index is 0.167. The van der Waals surface area contributed by atoms with Crippen molar-refractivity contribution >= 4 is 17.7 Å². The minimum Gasteiger partial charge on any atom is -0.481 e. The Morgan fingerprint density at radius 1 is 1.06 bits per heavy atom. The van der Waals surface area contributed by atoms with Crippen LogP contribution in [0.15, 0.2) is 30.3 Å². The number of ether oxygens (including phenoxy) is 1. The molecular weight excluding hydrogens is 444 g/mol. The second-order valence-corrected chi connectivity index (χ2v) is 10.3. The maximum atomic E-state index is 13.0. The van der Waals surface area contributed by atoms with Crippen LogP contribution >= 0.6 is 0 Å². The Balaban J connectivity index is 1.22. The van der Waals surface area contributed by atoms with Gasteiger partial charge in [-0.25, -0.2) is 4.98 Å². The van der Waals surface area contributed by atoms with Gasteiger partial charge < -0.3 is 9.64 Å². The second-order valence-electron chi connectivity index (χ2n) is 10.3. The molecule has 8 nitrogen and oxygen atoms in total. The van der Waals surface area contributed by atoms with Gasteiger partial charge in [0, 0.05) is 43.2 Å². The van der Waals surface area contributed by atoms with Crippen molar-refractivity contribution in [3.63, 3.8) is 0 Å². The zero-order valence-corrected chi connectivity index (χ0v) is 20.0. The number of aromatic nitrogens is 1. The van der Waals surface area contributed by atoms with Gasteiger partial charge in [-0.2, -0.15) is 0 Å². The Bertz CT molecular complexity index is 1210. The number of pyridine rings is 1. The lowest BCUT2D eigenvalue weighted by atomic mass is 10.0. The summed E-state index contributed by atoms with van der Waals surface area (Å²) in [5.41, 5.74) is 4.37. The fourth-order valence-electron chi connectivity index (χ4n) is 5.85. The van der Waals surface area contributed by atoms with Gasteiger partial charge in [-0.1, -0.05) is 6.07 Å². The Hall–Kier alpha value is -3.26. The van der Waals surface area contributed by atoms with E-state index < -0.39 is 11.9 Å². The Labute approximate surface area is 204 Å². The highest BCUT2D eigenvalue weighted by atomic mass is 16.5. The molecule has 3 amide bonds. The molecule has 4 heterocycles. The maximum Gasteiger partial charge on any atom is 0.255 e. The van der Waals surface area contributed by atoms with E-state index in [0.29, 0.717) is 24.4 Å².